The minimum atomic E-state index is -0.702. The number of hydrogen-bond acceptors (Lipinski definition) is 5. The molecule has 2 aliphatic heterocycles. The van der Waals surface area contributed by atoms with E-state index in [1.807, 2.05) is 17.5 Å². The van der Waals surface area contributed by atoms with E-state index >= 15 is 0 Å². The Hall–Kier alpha value is -2.03. The molecule has 2 aromatic heterocycles. The van der Waals surface area contributed by atoms with Crippen molar-refractivity contribution >= 4 is 40.5 Å². The number of nitrogens with zero attached hydrogens (tertiary/aromatic N) is 2. The number of thiophene rings is 2. The molecule has 4 rings (SSSR count). The molecule has 4 amide bonds. The van der Waals surface area contributed by atoms with Gasteiger partial charge in [0, 0.05) is 34.7 Å². The highest BCUT2D eigenvalue weighted by Crippen LogP contribution is 2.25. The van der Waals surface area contributed by atoms with Gasteiger partial charge in [-0.05, 0) is 29.8 Å². The largest absolute Gasteiger partial charge is 0.338 e. The standard InChI is InChI=1S/C18H19N3O3S2/c1-12-14-6-10-26-15(14)5-7-19(12)11-21-17(23)16(22)20(18(21)24)8-4-13-3-2-9-25-13/h2-3,6,9-10,12H,4-5,7-8,11H2,1H3/p+1/t12-/m0/s1. The van der Waals surface area contributed by atoms with E-state index in [1.165, 1.54) is 10.4 Å². The minimum Gasteiger partial charge on any atom is -0.311 e. The fourth-order valence-corrected chi connectivity index (χ4v) is 5.31. The van der Waals surface area contributed by atoms with Crippen molar-refractivity contribution < 1.29 is 19.3 Å². The summed E-state index contributed by atoms with van der Waals surface area (Å²) in [6.45, 7) is 3.46. The topological polar surface area (TPSA) is 62.1 Å². The van der Waals surface area contributed by atoms with Crippen LogP contribution >= 0.6 is 22.7 Å². The number of carbonyl (C=O) groups excluding carboxylic acids is 3. The Balaban J connectivity index is 1.44. The predicted molar refractivity (Wildman–Crippen MR) is 99.1 cm³/mol. The van der Waals surface area contributed by atoms with Crippen LogP contribution in [-0.2, 0) is 22.4 Å². The molecule has 1 N–H and O–H groups in total. The van der Waals surface area contributed by atoms with Crippen molar-refractivity contribution in [1.82, 2.24) is 9.80 Å². The van der Waals surface area contributed by atoms with Gasteiger partial charge in [0.2, 0.25) is 0 Å². The Labute approximate surface area is 159 Å². The molecule has 0 aromatic carbocycles. The lowest BCUT2D eigenvalue weighted by molar-refractivity contribution is -0.938. The second-order valence-electron chi connectivity index (χ2n) is 6.64. The van der Waals surface area contributed by atoms with E-state index in [1.54, 1.807) is 22.7 Å². The van der Waals surface area contributed by atoms with Crippen LogP contribution in [-0.4, -0.2) is 47.4 Å². The monoisotopic (exact) mass is 390 g/mol. The molecule has 1 saturated heterocycles. The van der Waals surface area contributed by atoms with E-state index in [0.717, 1.165) is 32.5 Å². The fourth-order valence-electron chi connectivity index (χ4n) is 3.63. The lowest BCUT2D eigenvalue weighted by atomic mass is 10.0. The maximum atomic E-state index is 12.7. The number of fused-ring (bicyclic) bond motifs is 1. The van der Waals surface area contributed by atoms with Crippen LogP contribution in [0.3, 0.4) is 0 Å². The molecule has 0 radical (unpaired) electrons. The maximum absolute atomic E-state index is 12.7. The lowest BCUT2D eigenvalue weighted by Crippen LogP contribution is -3.14. The van der Waals surface area contributed by atoms with E-state index in [9.17, 15) is 14.4 Å². The van der Waals surface area contributed by atoms with Crippen molar-refractivity contribution in [2.24, 2.45) is 0 Å². The Bertz CT molecular complexity index is 846. The molecule has 6 nitrogen and oxygen atoms in total. The molecule has 2 atom stereocenters. The zero-order chi connectivity index (χ0) is 18.3. The van der Waals surface area contributed by atoms with E-state index in [2.05, 4.69) is 18.4 Å². The third-order valence-corrected chi connectivity index (χ3v) is 7.12. The van der Waals surface area contributed by atoms with Gasteiger partial charge in [-0.1, -0.05) is 6.07 Å². The number of carbonyl (C=O) groups is 3. The van der Waals surface area contributed by atoms with Gasteiger partial charge < -0.3 is 4.90 Å². The zero-order valence-corrected chi connectivity index (χ0v) is 16.1. The maximum Gasteiger partial charge on any atom is 0.338 e. The molecule has 1 unspecified atom stereocenters. The van der Waals surface area contributed by atoms with Crippen molar-refractivity contribution in [3.63, 3.8) is 0 Å². The summed E-state index contributed by atoms with van der Waals surface area (Å²) in [5, 5.41) is 4.05. The molecular weight excluding hydrogens is 370 g/mol. The van der Waals surface area contributed by atoms with Crippen LogP contribution in [0.15, 0.2) is 29.0 Å². The molecular formula is C18H20N3O3S2+. The number of amides is 4. The zero-order valence-electron chi connectivity index (χ0n) is 14.4. The lowest BCUT2D eigenvalue weighted by Gasteiger charge is -2.32. The first-order chi connectivity index (χ1) is 12.6. The minimum absolute atomic E-state index is 0.209. The van der Waals surface area contributed by atoms with E-state index < -0.39 is 17.8 Å². The van der Waals surface area contributed by atoms with Gasteiger partial charge in [-0.3, -0.25) is 14.5 Å². The number of rotatable bonds is 5. The van der Waals surface area contributed by atoms with Gasteiger partial charge in [-0.2, -0.15) is 0 Å². The summed E-state index contributed by atoms with van der Waals surface area (Å²) < 4.78 is 0. The first-order valence-corrected chi connectivity index (χ1v) is 10.4. The smallest absolute Gasteiger partial charge is 0.311 e. The van der Waals surface area contributed by atoms with Crippen LogP contribution in [0.5, 0.6) is 0 Å². The van der Waals surface area contributed by atoms with E-state index in [4.69, 9.17) is 0 Å². The second kappa shape index (κ2) is 6.94. The average Bonchev–Trinajstić information content (AvgIpc) is 3.35. The van der Waals surface area contributed by atoms with Crippen LogP contribution in [0.1, 0.15) is 28.3 Å². The summed E-state index contributed by atoms with van der Waals surface area (Å²) >= 11 is 3.34. The van der Waals surface area contributed by atoms with Gasteiger partial charge in [0.1, 0.15) is 6.04 Å². The molecule has 8 heteroatoms. The molecule has 0 bridgehead atoms. The van der Waals surface area contributed by atoms with Gasteiger partial charge in [0.15, 0.2) is 6.67 Å². The van der Waals surface area contributed by atoms with Crippen molar-refractivity contribution in [1.29, 1.82) is 0 Å². The first kappa shape index (κ1) is 17.4. The summed E-state index contributed by atoms with van der Waals surface area (Å²) in [5.41, 5.74) is 1.29. The van der Waals surface area contributed by atoms with Crippen LogP contribution in [0.4, 0.5) is 4.79 Å². The van der Waals surface area contributed by atoms with Gasteiger partial charge in [-0.25, -0.2) is 9.69 Å². The summed E-state index contributed by atoms with van der Waals surface area (Å²) in [7, 11) is 0. The van der Waals surface area contributed by atoms with E-state index in [-0.39, 0.29) is 19.3 Å². The number of urea groups is 1. The Morgan fingerprint density at radius 1 is 1.12 bits per heavy atom. The second-order valence-corrected chi connectivity index (χ2v) is 8.67. The molecule has 2 aromatic rings. The number of hydrogen-bond donors (Lipinski definition) is 1. The summed E-state index contributed by atoms with van der Waals surface area (Å²) in [4.78, 5) is 43.1. The molecule has 26 heavy (non-hydrogen) atoms. The highest BCUT2D eigenvalue weighted by atomic mass is 32.1. The van der Waals surface area contributed by atoms with Crippen LogP contribution in [0.2, 0.25) is 0 Å². The van der Waals surface area contributed by atoms with Gasteiger partial charge in [-0.15, -0.1) is 22.7 Å². The molecule has 0 aliphatic carbocycles. The predicted octanol–water partition coefficient (Wildman–Crippen LogP) is 1.30. The van der Waals surface area contributed by atoms with Crippen molar-refractivity contribution in [3.05, 3.63) is 44.3 Å². The highest BCUT2D eigenvalue weighted by Gasteiger charge is 2.46. The Kier molecular flexibility index (Phi) is 4.64. The number of nitrogens with one attached hydrogen (secondary N) is 1. The van der Waals surface area contributed by atoms with Crippen molar-refractivity contribution in [2.45, 2.75) is 25.8 Å². The molecule has 2 aliphatic rings. The first-order valence-electron chi connectivity index (χ1n) is 8.67. The van der Waals surface area contributed by atoms with Crippen molar-refractivity contribution in [3.8, 4) is 0 Å². The average molecular weight is 391 g/mol. The molecule has 1 fully saturated rings. The molecule has 0 spiro atoms. The Morgan fingerprint density at radius 2 is 1.92 bits per heavy atom. The normalized spacial score (nSPS) is 23.0. The molecule has 0 saturated carbocycles. The number of imide groups is 2. The quantitative estimate of drug-likeness (QED) is 0.618. The van der Waals surface area contributed by atoms with Gasteiger partial charge >= 0.3 is 17.8 Å². The fraction of sp³-hybridized carbons (Fsp3) is 0.389. The van der Waals surface area contributed by atoms with Crippen LogP contribution in [0.25, 0.3) is 0 Å². The molecule has 4 heterocycles. The number of quaternary nitrogens is 1. The summed E-state index contributed by atoms with van der Waals surface area (Å²) in [5.74, 6) is -1.40. The third-order valence-electron chi connectivity index (χ3n) is 5.19. The van der Waals surface area contributed by atoms with Gasteiger partial charge in [0.25, 0.3) is 0 Å². The Morgan fingerprint density at radius 3 is 2.69 bits per heavy atom. The van der Waals surface area contributed by atoms with E-state index in [0.29, 0.717) is 6.42 Å². The van der Waals surface area contributed by atoms with Crippen LogP contribution in [0, 0.1) is 0 Å². The van der Waals surface area contributed by atoms with Crippen molar-refractivity contribution in [2.75, 3.05) is 19.8 Å². The summed E-state index contributed by atoms with van der Waals surface area (Å²) in [6.07, 6.45) is 1.53. The summed E-state index contributed by atoms with van der Waals surface area (Å²) in [6, 6.07) is 5.75. The SMILES string of the molecule is C[C@H]1c2ccsc2CC[NH+]1CN1C(=O)C(=O)N(CCc2cccs2)C1=O. The molecule has 136 valence electrons. The van der Waals surface area contributed by atoms with Crippen LogP contribution < -0.4 is 4.90 Å². The highest BCUT2D eigenvalue weighted by molar-refractivity contribution is 7.10. The third kappa shape index (κ3) is 2.98. The van der Waals surface area contributed by atoms with Gasteiger partial charge in [0.05, 0.1) is 6.54 Å².